The van der Waals surface area contributed by atoms with E-state index >= 15 is 0 Å². The smallest absolute Gasteiger partial charge is 0.124 e. The van der Waals surface area contributed by atoms with Crippen LogP contribution in [-0.4, -0.2) is 24.1 Å². The summed E-state index contributed by atoms with van der Waals surface area (Å²) in [5.41, 5.74) is -0.176. The predicted octanol–water partition coefficient (Wildman–Crippen LogP) is 0.215. The van der Waals surface area contributed by atoms with Gasteiger partial charge in [-0.2, -0.15) is 17.0 Å². The molecule has 8 heavy (non-hydrogen) atoms. The average molecular weight is 128 g/mol. The van der Waals surface area contributed by atoms with Crippen LogP contribution in [0.2, 0.25) is 0 Å². The second kappa shape index (κ2) is 1.96. The van der Waals surface area contributed by atoms with Crippen molar-refractivity contribution in [3.63, 3.8) is 0 Å². The molecule has 44 valence electrons. The molecule has 3 heteroatoms. The van der Waals surface area contributed by atoms with Gasteiger partial charge in [-0.05, 0) is 7.05 Å². The van der Waals surface area contributed by atoms with Crippen LogP contribution in [-0.2, 0) is 0 Å². The molecule has 0 atom stereocenters. The number of rotatable bonds is 1. The fourth-order valence-electron chi connectivity index (χ4n) is 0.571. The molecule has 0 amide bonds. The van der Waals surface area contributed by atoms with Crippen molar-refractivity contribution in [1.29, 1.82) is 5.26 Å². The summed E-state index contributed by atoms with van der Waals surface area (Å²) in [6.45, 7) is 0. The summed E-state index contributed by atoms with van der Waals surface area (Å²) in [6, 6.07) is 2.23. The summed E-state index contributed by atoms with van der Waals surface area (Å²) < 4.78 is 0. The van der Waals surface area contributed by atoms with Crippen LogP contribution in [0.25, 0.3) is 0 Å². The minimum absolute atomic E-state index is 0.176. The van der Waals surface area contributed by atoms with Gasteiger partial charge in [-0.1, -0.05) is 0 Å². The van der Waals surface area contributed by atoms with Crippen molar-refractivity contribution >= 4 is 11.8 Å². The van der Waals surface area contributed by atoms with Gasteiger partial charge in [0.05, 0.1) is 6.07 Å². The molecule has 0 aliphatic carbocycles. The van der Waals surface area contributed by atoms with E-state index in [4.69, 9.17) is 5.26 Å². The third kappa shape index (κ3) is 0.702. The highest BCUT2D eigenvalue weighted by Crippen LogP contribution is 2.27. The number of nitriles is 1. The fraction of sp³-hybridized carbons (Fsp3) is 0.800. The van der Waals surface area contributed by atoms with Crippen LogP contribution < -0.4 is 5.32 Å². The molecular weight excluding hydrogens is 120 g/mol. The van der Waals surface area contributed by atoms with Gasteiger partial charge in [0.25, 0.3) is 0 Å². The Morgan fingerprint density at radius 1 is 1.75 bits per heavy atom. The molecule has 1 N–H and O–H groups in total. The highest BCUT2D eigenvalue weighted by Gasteiger charge is 2.35. The number of nitrogens with zero attached hydrogens (tertiary/aromatic N) is 1. The molecule has 1 heterocycles. The first-order valence-electron chi connectivity index (χ1n) is 2.51. The summed E-state index contributed by atoms with van der Waals surface area (Å²) in [5.74, 6) is 1.89. The van der Waals surface area contributed by atoms with Gasteiger partial charge >= 0.3 is 0 Å². The van der Waals surface area contributed by atoms with Gasteiger partial charge < -0.3 is 5.32 Å². The molecule has 0 unspecified atom stereocenters. The van der Waals surface area contributed by atoms with Crippen LogP contribution in [0.4, 0.5) is 0 Å². The Balaban J connectivity index is 2.49. The minimum atomic E-state index is -0.176. The third-order valence-corrected chi connectivity index (χ3v) is 2.78. The molecule has 0 spiro atoms. The molecule has 0 aromatic carbocycles. The number of thioether (sulfide) groups is 1. The molecule has 1 aliphatic rings. The number of hydrogen-bond donors (Lipinski definition) is 1. The van der Waals surface area contributed by atoms with E-state index in [2.05, 4.69) is 11.4 Å². The third-order valence-electron chi connectivity index (χ3n) is 1.39. The SMILES string of the molecule is CNC1(C#N)CSC1. The molecule has 2 nitrogen and oxygen atoms in total. The van der Waals surface area contributed by atoms with E-state index in [1.54, 1.807) is 0 Å². The average Bonchev–Trinajstić information content (AvgIpc) is 1.67. The molecular formula is C5H8N2S. The zero-order valence-electron chi connectivity index (χ0n) is 4.77. The van der Waals surface area contributed by atoms with E-state index in [9.17, 15) is 0 Å². The van der Waals surface area contributed by atoms with Crippen LogP contribution in [0.15, 0.2) is 0 Å². The van der Waals surface area contributed by atoms with Crippen molar-refractivity contribution in [1.82, 2.24) is 5.32 Å². The maximum Gasteiger partial charge on any atom is 0.124 e. The lowest BCUT2D eigenvalue weighted by atomic mass is 10.1. The monoisotopic (exact) mass is 128 g/mol. The molecule has 1 saturated heterocycles. The number of nitrogens with one attached hydrogen (secondary N) is 1. The first-order chi connectivity index (χ1) is 3.83. The van der Waals surface area contributed by atoms with Crippen LogP contribution >= 0.6 is 11.8 Å². The summed E-state index contributed by atoms with van der Waals surface area (Å²) >= 11 is 1.81. The van der Waals surface area contributed by atoms with E-state index < -0.39 is 0 Å². The summed E-state index contributed by atoms with van der Waals surface area (Å²) in [7, 11) is 1.84. The topological polar surface area (TPSA) is 35.8 Å². The van der Waals surface area contributed by atoms with Crippen molar-refractivity contribution in [3.8, 4) is 6.07 Å². The quantitative estimate of drug-likeness (QED) is 0.548. The van der Waals surface area contributed by atoms with E-state index in [0.717, 1.165) is 11.5 Å². The zero-order valence-corrected chi connectivity index (χ0v) is 5.59. The molecule has 0 aromatic heterocycles. The highest BCUT2D eigenvalue weighted by atomic mass is 32.2. The molecule has 0 aromatic rings. The van der Waals surface area contributed by atoms with Gasteiger partial charge in [-0.3, -0.25) is 0 Å². The summed E-state index contributed by atoms with van der Waals surface area (Å²) in [4.78, 5) is 0. The Morgan fingerprint density at radius 3 is 2.38 bits per heavy atom. The van der Waals surface area contributed by atoms with E-state index in [-0.39, 0.29) is 5.54 Å². The van der Waals surface area contributed by atoms with Gasteiger partial charge in [0.2, 0.25) is 0 Å². The van der Waals surface area contributed by atoms with E-state index in [0.29, 0.717) is 0 Å². The van der Waals surface area contributed by atoms with Crippen molar-refractivity contribution < 1.29 is 0 Å². The Morgan fingerprint density at radius 2 is 2.38 bits per heavy atom. The minimum Gasteiger partial charge on any atom is -0.301 e. The van der Waals surface area contributed by atoms with Crippen molar-refractivity contribution in [2.45, 2.75) is 5.54 Å². The van der Waals surface area contributed by atoms with E-state index in [1.165, 1.54) is 0 Å². The normalized spacial score (nSPS) is 23.5. The lowest BCUT2D eigenvalue weighted by Gasteiger charge is -2.33. The maximum absolute atomic E-state index is 8.51. The lowest BCUT2D eigenvalue weighted by molar-refractivity contribution is 0.534. The van der Waals surface area contributed by atoms with Crippen molar-refractivity contribution in [2.24, 2.45) is 0 Å². The van der Waals surface area contributed by atoms with Crippen molar-refractivity contribution in [2.75, 3.05) is 18.6 Å². The van der Waals surface area contributed by atoms with Gasteiger partial charge in [-0.25, -0.2) is 0 Å². The van der Waals surface area contributed by atoms with Gasteiger partial charge in [0.15, 0.2) is 0 Å². The standard InChI is InChI=1S/C5H8N2S/c1-7-5(2-6)3-8-4-5/h7H,3-4H2,1H3. The predicted molar refractivity (Wildman–Crippen MR) is 34.7 cm³/mol. The molecule has 0 saturated carbocycles. The highest BCUT2D eigenvalue weighted by molar-refractivity contribution is 8.00. The molecule has 0 radical (unpaired) electrons. The van der Waals surface area contributed by atoms with Crippen LogP contribution in [0.5, 0.6) is 0 Å². The fourth-order valence-corrected chi connectivity index (χ4v) is 1.60. The van der Waals surface area contributed by atoms with Crippen LogP contribution in [0, 0.1) is 11.3 Å². The second-order valence-corrected chi connectivity index (χ2v) is 2.92. The largest absolute Gasteiger partial charge is 0.301 e. The Labute approximate surface area is 53.3 Å². The molecule has 1 rings (SSSR count). The molecule has 0 bridgehead atoms. The number of hydrogen-bond acceptors (Lipinski definition) is 3. The molecule has 1 fully saturated rings. The van der Waals surface area contributed by atoms with Gasteiger partial charge in [0.1, 0.15) is 5.54 Å². The van der Waals surface area contributed by atoms with Crippen LogP contribution in [0.3, 0.4) is 0 Å². The maximum atomic E-state index is 8.51. The van der Waals surface area contributed by atoms with Crippen molar-refractivity contribution in [3.05, 3.63) is 0 Å². The molecule has 1 aliphatic heterocycles. The Hall–Kier alpha value is -0.200. The Bertz CT molecular complexity index is 117. The summed E-state index contributed by atoms with van der Waals surface area (Å²) in [5, 5.41) is 11.5. The lowest BCUT2D eigenvalue weighted by Crippen LogP contribution is -2.52. The first kappa shape index (κ1) is 5.93. The van der Waals surface area contributed by atoms with Gasteiger partial charge in [0, 0.05) is 11.5 Å². The first-order valence-corrected chi connectivity index (χ1v) is 3.66. The Kier molecular flexibility index (Phi) is 1.45. The zero-order chi connectivity index (χ0) is 6.04. The second-order valence-electron chi connectivity index (χ2n) is 1.94. The van der Waals surface area contributed by atoms with Gasteiger partial charge in [-0.15, -0.1) is 0 Å². The van der Waals surface area contributed by atoms with E-state index in [1.807, 2.05) is 18.8 Å². The van der Waals surface area contributed by atoms with Crippen LogP contribution in [0.1, 0.15) is 0 Å². The summed E-state index contributed by atoms with van der Waals surface area (Å²) in [6.07, 6.45) is 0.